The lowest BCUT2D eigenvalue weighted by Crippen LogP contribution is -2.46. The molecule has 100 valence electrons. The lowest BCUT2D eigenvalue weighted by atomic mass is 10.2. The van der Waals surface area contributed by atoms with Crippen molar-refractivity contribution >= 4 is 5.69 Å². The Labute approximate surface area is 107 Å². The number of benzene rings is 1. The van der Waals surface area contributed by atoms with Crippen LogP contribution < -0.4 is 4.90 Å². The van der Waals surface area contributed by atoms with Crippen molar-refractivity contribution in [1.29, 1.82) is 0 Å². The second-order valence-corrected chi connectivity index (χ2v) is 4.76. The Kier molecular flexibility index (Phi) is 4.53. The molecule has 0 atom stereocenters. The average molecular weight is 254 g/mol. The van der Waals surface area contributed by atoms with Crippen LogP contribution in [0, 0.1) is 11.6 Å². The SMILES string of the molecule is CCCCN1CCN(c2cccc(F)c2F)CC1. The molecule has 0 amide bonds. The van der Waals surface area contributed by atoms with Gasteiger partial charge in [-0.3, -0.25) is 4.90 Å². The third-order valence-corrected chi connectivity index (χ3v) is 3.47. The summed E-state index contributed by atoms with van der Waals surface area (Å²) in [4.78, 5) is 4.32. The Morgan fingerprint density at radius 1 is 1.11 bits per heavy atom. The van der Waals surface area contributed by atoms with Crippen molar-refractivity contribution in [2.24, 2.45) is 0 Å². The Bertz CT molecular complexity index is 387. The van der Waals surface area contributed by atoms with E-state index in [1.807, 2.05) is 4.90 Å². The molecular weight excluding hydrogens is 234 g/mol. The molecule has 1 aromatic rings. The van der Waals surface area contributed by atoms with Crippen molar-refractivity contribution in [2.45, 2.75) is 19.8 Å². The van der Waals surface area contributed by atoms with Crippen LogP contribution >= 0.6 is 0 Å². The molecule has 0 saturated carbocycles. The van der Waals surface area contributed by atoms with E-state index in [1.165, 1.54) is 12.8 Å². The highest BCUT2D eigenvalue weighted by molar-refractivity contribution is 5.48. The number of anilines is 1. The van der Waals surface area contributed by atoms with Crippen molar-refractivity contribution < 1.29 is 8.78 Å². The van der Waals surface area contributed by atoms with Crippen LogP contribution in [0.4, 0.5) is 14.5 Å². The van der Waals surface area contributed by atoms with Gasteiger partial charge in [0.2, 0.25) is 0 Å². The smallest absolute Gasteiger partial charge is 0.182 e. The third kappa shape index (κ3) is 2.99. The monoisotopic (exact) mass is 254 g/mol. The maximum Gasteiger partial charge on any atom is 0.182 e. The van der Waals surface area contributed by atoms with Crippen LogP contribution in [0.1, 0.15) is 19.8 Å². The zero-order valence-corrected chi connectivity index (χ0v) is 10.8. The summed E-state index contributed by atoms with van der Waals surface area (Å²) in [6, 6.07) is 4.38. The second-order valence-electron chi connectivity index (χ2n) is 4.76. The second kappa shape index (κ2) is 6.14. The molecule has 0 radical (unpaired) electrons. The van der Waals surface area contributed by atoms with Gasteiger partial charge in [-0.2, -0.15) is 0 Å². The topological polar surface area (TPSA) is 6.48 Å². The van der Waals surface area contributed by atoms with Gasteiger partial charge in [-0.1, -0.05) is 19.4 Å². The van der Waals surface area contributed by atoms with Gasteiger partial charge in [0.15, 0.2) is 11.6 Å². The molecule has 1 heterocycles. The summed E-state index contributed by atoms with van der Waals surface area (Å²) in [6.07, 6.45) is 2.40. The first kappa shape index (κ1) is 13.3. The molecule has 2 rings (SSSR count). The van der Waals surface area contributed by atoms with E-state index in [0.717, 1.165) is 38.8 Å². The van der Waals surface area contributed by atoms with Crippen LogP contribution in [-0.4, -0.2) is 37.6 Å². The molecule has 1 aromatic carbocycles. The summed E-state index contributed by atoms with van der Waals surface area (Å²) < 4.78 is 26.8. The molecule has 0 aliphatic carbocycles. The van der Waals surface area contributed by atoms with Crippen LogP contribution in [0.5, 0.6) is 0 Å². The van der Waals surface area contributed by atoms with E-state index in [9.17, 15) is 8.78 Å². The molecule has 1 fully saturated rings. The molecule has 2 nitrogen and oxygen atoms in total. The number of nitrogens with zero attached hydrogens (tertiary/aromatic N) is 2. The molecule has 18 heavy (non-hydrogen) atoms. The van der Waals surface area contributed by atoms with Crippen molar-refractivity contribution in [3.05, 3.63) is 29.8 Å². The average Bonchev–Trinajstić information content (AvgIpc) is 2.40. The van der Waals surface area contributed by atoms with Crippen LogP contribution in [0.2, 0.25) is 0 Å². The fraction of sp³-hybridized carbons (Fsp3) is 0.571. The molecule has 0 N–H and O–H groups in total. The molecule has 1 aliphatic rings. The van der Waals surface area contributed by atoms with Crippen LogP contribution in [0.15, 0.2) is 18.2 Å². The first-order valence-corrected chi connectivity index (χ1v) is 6.63. The van der Waals surface area contributed by atoms with E-state index >= 15 is 0 Å². The largest absolute Gasteiger partial charge is 0.367 e. The Morgan fingerprint density at radius 2 is 1.83 bits per heavy atom. The lowest BCUT2D eigenvalue weighted by molar-refractivity contribution is 0.253. The number of piperazine rings is 1. The third-order valence-electron chi connectivity index (χ3n) is 3.47. The summed E-state index contributed by atoms with van der Waals surface area (Å²) in [7, 11) is 0. The van der Waals surface area contributed by atoms with Gasteiger partial charge in [0, 0.05) is 26.2 Å². The number of hydrogen-bond donors (Lipinski definition) is 0. The lowest BCUT2D eigenvalue weighted by Gasteiger charge is -2.36. The molecular formula is C14H20F2N2. The number of halogens is 2. The van der Waals surface area contributed by atoms with E-state index in [0.29, 0.717) is 5.69 Å². The minimum Gasteiger partial charge on any atom is -0.367 e. The van der Waals surface area contributed by atoms with Gasteiger partial charge in [-0.15, -0.1) is 0 Å². The van der Waals surface area contributed by atoms with E-state index in [4.69, 9.17) is 0 Å². The van der Waals surface area contributed by atoms with Gasteiger partial charge in [0.1, 0.15) is 0 Å². The molecule has 4 heteroatoms. The normalized spacial score (nSPS) is 17.2. The summed E-state index contributed by atoms with van der Waals surface area (Å²) in [5.74, 6) is -1.49. The van der Waals surface area contributed by atoms with Crippen molar-refractivity contribution in [1.82, 2.24) is 4.90 Å². The minimum atomic E-state index is -0.763. The summed E-state index contributed by atoms with van der Waals surface area (Å²) in [6.45, 7) is 6.68. The zero-order valence-electron chi connectivity index (χ0n) is 10.8. The minimum absolute atomic E-state index is 0.394. The van der Waals surface area contributed by atoms with Crippen molar-refractivity contribution in [3.63, 3.8) is 0 Å². The van der Waals surface area contributed by atoms with Crippen LogP contribution in [0.3, 0.4) is 0 Å². The quantitative estimate of drug-likeness (QED) is 0.815. The van der Waals surface area contributed by atoms with E-state index in [2.05, 4.69) is 11.8 Å². The van der Waals surface area contributed by atoms with Crippen LogP contribution in [-0.2, 0) is 0 Å². The first-order chi connectivity index (χ1) is 8.72. The molecule has 1 aliphatic heterocycles. The van der Waals surface area contributed by atoms with Gasteiger partial charge in [-0.25, -0.2) is 8.78 Å². The predicted octanol–water partition coefficient (Wildman–Crippen LogP) is 2.89. The van der Waals surface area contributed by atoms with Crippen molar-refractivity contribution in [2.75, 3.05) is 37.6 Å². The number of rotatable bonds is 4. The summed E-state index contributed by atoms with van der Waals surface area (Å²) >= 11 is 0. The number of unbranched alkanes of at least 4 members (excludes halogenated alkanes) is 1. The van der Waals surface area contributed by atoms with Gasteiger partial charge < -0.3 is 4.90 Å². The Morgan fingerprint density at radius 3 is 2.50 bits per heavy atom. The van der Waals surface area contributed by atoms with Crippen molar-refractivity contribution in [3.8, 4) is 0 Å². The van der Waals surface area contributed by atoms with E-state index in [-0.39, 0.29) is 0 Å². The molecule has 0 spiro atoms. The number of hydrogen-bond acceptors (Lipinski definition) is 2. The van der Waals surface area contributed by atoms with Gasteiger partial charge in [0.25, 0.3) is 0 Å². The summed E-state index contributed by atoms with van der Waals surface area (Å²) in [5, 5.41) is 0. The Balaban J connectivity index is 1.95. The fourth-order valence-electron chi connectivity index (χ4n) is 2.33. The van der Waals surface area contributed by atoms with E-state index < -0.39 is 11.6 Å². The first-order valence-electron chi connectivity index (χ1n) is 6.63. The van der Waals surface area contributed by atoms with Crippen LogP contribution in [0.25, 0.3) is 0 Å². The Hall–Kier alpha value is -1.16. The van der Waals surface area contributed by atoms with E-state index in [1.54, 1.807) is 12.1 Å². The van der Waals surface area contributed by atoms with Gasteiger partial charge in [-0.05, 0) is 25.1 Å². The highest BCUT2D eigenvalue weighted by atomic mass is 19.2. The molecule has 0 bridgehead atoms. The zero-order chi connectivity index (χ0) is 13.0. The van der Waals surface area contributed by atoms with Gasteiger partial charge >= 0.3 is 0 Å². The maximum absolute atomic E-state index is 13.7. The highest BCUT2D eigenvalue weighted by Gasteiger charge is 2.20. The molecule has 1 saturated heterocycles. The summed E-state index contributed by atoms with van der Waals surface area (Å²) in [5.41, 5.74) is 0.394. The fourth-order valence-corrected chi connectivity index (χ4v) is 2.33. The molecule has 0 unspecified atom stereocenters. The molecule has 0 aromatic heterocycles. The highest BCUT2D eigenvalue weighted by Crippen LogP contribution is 2.22. The maximum atomic E-state index is 13.7. The predicted molar refractivity (Wildman–Crippen MR) is 69.9 cm³/mol. The van der Waals surface area contributed by atoms with Gasteiger partial charge in [0.05, 0.1) is 5.69 Å². The standard InChI is InChI=1S/C14H20F2N2/c1-2-3-7-17-8-10-18(11-9-17)13-6-4-5-12(15)14(13)16/h4-6H,2-3,7-11H2,1H3.